The highest BCUT2D eigenvalue weighted by molar-refractivity contribution is 7.99. The zero-order chi connectivity index (χ0) is 21.7. The number of thioether (sulfide) groups is 1. The van der Waals surface area contributed by atoms with Crippen molar-refractivity contribution in [2.75, 3.05) is 11.1 Å². The fraction of sp³-hybridized carbons (Fsp3) is 0.286. The van der Waals surface area contributed by atoms with E-state index < -0.39 is 15.1 Å². The second kappa shape index (κ2) is 9.44. The summed E-state index contributed by atoms with van der Waals surface area (Å²) < 4.78 is 30.2. The topological polar surface area (TPSA) is 102 Å². The molecule has 0 saturated carbocycles. The minimum atomic E-state index is -3.42. The first-order chi connectivity index (χ1) is 14.3. The normalized spacial score (nSPS) is 11.6. The molecule has 0 atom stereocenters. The lowest BCUT2D eigenvalue weighted by molar-refractivity contribution is -0.115. The predicted molar refractivity (Wildman–Crippen MR) is 117 cm³/mol. The van der Waals surface area contributed by atoms with Crippen molar-refractivity contribution in [3.05, 3.63) is 54.1 Å². The van der Waals surface area contributed by atoms with E-state index in [-0.39, 0.29) is 22.7 Å². The third kappa shape index (κ3) is 5.48. The Morgan fingerprint density at radius 3 is 2.57 bits per heavy atom. The molecule has 0 spiro atoms. The van der Waals surface area contributed by atoms with E-state index in [2.05, 4.69) is 15.5 Å². The van der Waals surface area contributed by atoms with Crippen molar-refractivity contribution < 1.29 is 17.6 Å². The maximum atomic E-state index is 12.4. The molecule has 1 aromatic heterocycles. The van der Waals surface area contributed by atoms with Crippen LogP contribution in [0.1, 0.15) is 25.8 Å². The molecule has 0 radical (unpaired) electrons. The van der Waals surface area contributed by atoms with Crippen LogP contribution in [0.3, 0.4) is 0 Å². The minimum Gasteiger partial charge on any atom is -0.403 e. The number of nitrogens with one attached hydrogen (secondary N) is 1. The van der Waals surface area contributed by atoms with Crippen LogP contribution in [0, 0.1) is 6.92 Å². The number of amides is 1. The molecule has 0 fully saturated rings. The molecule has 3 rings (SSSR count). The molecule has 1 N–H and O–H groups in total. The summed E-state index contributed by atoms with van der Waals surface area (Å²) in [5.74, 6) is 0.520. The molecule has 0 aliphatic heterocycles. The average molecular weight is 446 g/mol. The molecule has 0 aliphatic carbocycles. The number of hydrogen-bond acceptors (Lipinski definition) is 7. The molecule has 7 nitrogen and oxygen atoms in total. The summed E-state index contributed by atoms with van der Waals surface area (Å²) in [7, 11) is -3.42. The van der Waals surface area contributed by atoms with E-state index in [4.69, 9.17) is 4.42 Å². The summed E-state index contributed by atoms with van der Waals surface area (Å²) in [5, 5.41) is 9.78. The molecule has 1 heterocycles. The largest absolute Gasteiger partial charge is 0.403 e. The molecule has 0 saturated heterocycles. The Labute approximate surface area is 180 Å². The second-order valence-corrected chi connectivity index (χ2v) is 10.7. The fourth-order valence-electron chi connectivity index (χ4n) is 2.55. The third-order valence-electron chi connectivity index (χ3n) is 4.32. The molecule has 0 bridgehead atoms. The highest BCUT2D eigenvalue weighted by Gasteiger charge is 2.20. The number of aryl methyl sites for hydroxylation is 1. The van der Waals surface area contributed by atoms with Crippen molar-refractivity contribution in [1.29, 1.82) is 0 Å². The van der Waals surface area contributed by atoms with E-state index in [0.717, 1.165) is 4.90 Å². The summed E-state index contributed by atoms with van der Waals surface area (Å²) in [5.41, 5.74) is 1.66. The van der Waals surface area contributed by atoms with Gasteiger partial charge in [0.05, 0.1) is 10.1 Å². The molecular formula is C21H23N3O4S2. The van der Waals surface area contributed by atoms with Gasteiger partial charge < -0.3 is 4.42 Å². The monoisotopic (exact) mass is 445 g/mol. The summed E-state index contributed by atoms with van der Waals surface area (Å²) in [4.78, 5) is 13.4. The van der Waals surface area contributed by atoms with Crippen LogP contribution in [-0.4, -0.2) is 35.5 Å². The zero-order valence-electron chi connectivity index (χ0n) is 17.0. The highest BCUT2D eigenvalue weighted by Crippen LogP contribution is 2.25. The Morgan fingerprint density at radius 2 is 1.87 bits per heavy atom. The lowest BCUT2D eigenvalue weighted by Gasteiger charge is -2.08. The molecule has 3 aromatic rings. The Hall–Kier alpha value is -2.65. The molecule has 0 aliphatic rings. The van der Waals surface area contributed by atoms with Crippen molar-refractivity contribution >= 4 is 33.5 Å². The standard InChI is InChI=1S/C21H23N3O4S2/c1-14(2)30(26,27)18-6-4-5-16(13-18)20-23-24-21(28-20)22-19(25)11-12-29-17-9-7-15(3)8-10-17/h4-10,13-14H,11-12H2,1-3H3,(H,22,24,25). The first kappa shape index (κ1) is 22.0. The molecular weight excluding hydrogens is 422 g/mol. The molecule has 9 heteroatoms. The maximum absolute atomic E-state index is 12.4. The molecule has 30 heavy (non-hydrogen) atoms. The summed E-state index contributed by atoms with van der Waals surface area (Å²) in [6.07, 6.45) is 0.290. The van der Waals surface area contributed by atoms with Gasteiger partial charge in [-0.05, 0) is 51.1 Å². The Balaban J connectivity index is 1.60. The van der Waals surface area contributed by atoms with Crippen molar-refractivity contribution in [3.63, 3.8) is 0 Å². The Kier molecular flexibility index (Phi) is 6.94. The van der Waals surface area contributed by atoms with Gasteiger partial charge in [0.25, 0.3) is 0 Å². The van der Waals surface area contributed by atoms with Crippen LogP contribution in [0.5, 0.6) is 0 Å². The molecule has 158 valence electrons. The number of aromatic nitrogens is 2. The van der Waals surface area contributed by atoms with Gasteiger partial charge in [-0.3, -0.25) is 10.1 Å². The quantitative estimate of drug-likeness (QED) is 0.514. The summed E-state index contributed by atoms with van der Waals surface area (Å²) in [6, 6.07) is 14.4. The van der Waals surface area contributed by atoms with Gasteiger partial charge >= 0.3 is 6.01 Å². The number of nitrogens with zero attached hydrogens (tertiary/aromatic N) is 2. The Morgan fingerprint density at radius 1 is 1.13 bits per heavy atom. The number of sulfone groups is 1. The van der Waals surface area contributed by atoms with E-state index in [1.165, 1.54) is 17.7 Å². The van der Waals surface area contributed by atoms with E-state index in [1.807, 2.05) is 31.2 Å². The number of hydrogen-bond donors (Lipinski definition) is 1. The third-order valence-corrected chi connectivity index (χ3v) is 7.49. The van der Waals surface area contributed by atoms with Gasteiger partial charge in [-0.1, -0.05) is 28.9 Å². The van der Waals surface area contributed by atoms with Gasteiger partial charge in [-0.2, -0.15) is 0 Å². The number of benzene rings is 2. The molecule has 0 unspecified atom stereocenters. The first-order valence-electron chi connectivity index (χ1n) is 9.43. The fourth-order valence-corrected chi connectivity index (χ4v) is 4.50. The average Bonchev–Trinajstić information content (AvgIpc) is 3.18. The number of carbonyl (C=O) groups is 1. The van der Waals surface area contributed by atoms with Gasteiger partial charge in [0, 0.05) is 22.6 Å². The van der Waals surface area contributed by atoms with E-state index in [0.29, 0.717) is 17.7 Å². The number of anilines is 1. The van der Waals surface area contributed by atoms with Crippen LogP contribution < -0.4 is 5.32 Å². The summed E-state index contributed by atoms with van der Waals surface area (Å²) >= 11 is 1.59. The van der Waals surface area contributed by atoms with Gasteiger partial charge in [-0.25, -0.2) is 8.42 Å². The van der Waals surface area contributed by atoms with Gasteiger partial charge in [0.15, 0.2) is 9.84 Å². The van der Waals surface area contributed by atoms with Crippen LogP contribution >= 0.6 is 11.8 Å². The minimum absolute atomic E-state index is 0.0209. The zero-order valence-corrected chi connectivity index (χ0v) is 18.6. The van der Waals surface area contributed by atoms with Crippen LogP contribution in [0.4, 0.5) is 6.01 Å². The van der Waals surface area contributed by atoms with E-state index in [9.17, 15) is 13.2 Å². The number of rotatable bonds is 8. The maximum Gasteiger partial charge on any atom is 0.322 e. The van der Waals surface area contributed by atoms with Crippen molar-refractivity contribution in [3.8, 4) is 11.5 Å². The van der Waals surface area contributed by atoms with Crippen molar-refractivity contribution in [2.45, 2.75) is 42.2 Å². The second-order valence-electron chi connectivity index (χ2n) is 6.99. The Bertz CT molecular complexity index is 1120. The van der Waals surface area contributed by atoms with Crippen LogP contribution in [0.2, 0.25) is 0 Å². The SMILES string of the molecule is Cc1ccc(SCCC(=O)Nc2nnc(-c3cccc(S(=O)(=O)C(C)C)c3)o2)cc1. The van der Waals surface area contributed by atoms with Crippen molar-refractivity contribution in [1.82, 2.24) is 10.2 Å². The molecule has 1 amide bonds. The lowest BCUT2D eigenvalue weighted by Crippen LogP contribution is -2.13. The van der Waals surface area contributed by atoms with Crippen LogP contribution in [-0.2, 0) is 14.6 Å². The predicted octanol–water partition coefficient (Wildman–Crippen LogP) is 4.35. The number of carbonyl (C=O) groups excluding carboxylic acids is 1. The smallest absolute Gasteiger partial charge is 0.322 e. The van der Waals surface area contributed by atoms with Crippen LogP contribution in [0.25, 0.3) is 11.5 Å². The molecule has 2 aromatic carbocycles. The lowest BCUT2D eigenvalue weighted by atomic mass is 10.2. The van der Waals surface area contributed by atoms with E-state index in [1.54, 1.807) is 37.7 Å². The van der Waals surface area contributed by atoms with Gasteiger partial charge in [0.2, 0.25) is 11.8 Å². The first-order valence-corrected chi connectivity index (χ1v) is 12.0. The van der Waals surface area contributed by atoms with Gasteiger partial charge in [0.1, 0.15) is 0 Å². The van der Waals surface area contributed by atoms with Gasteiger partial charge in [-0.15, -0.1) is 16.9 Å². The van der Waals surface area contributed by atoms with Crippen LogP contribution in [0.15, 0.2) is 62.7 Å². The summed E-state index contributed by atoms with van der Waals surface area (Å²) in [6.45, 7) is 5.28. The highest BCUT2D eigenvalue weighted by atomic mass is 32.2. The van der Waals surface area contributed by atoms with Crippen molar-refractivity contribution in [2.24, 2.45) is 0 Å². The van der Waals surface area contributed by atoms with E-state index >= 15 is 0 Å².